The van der Waals surface area contributed by atoms with Gasteiger partial charge in [-0.15, -0.1) is 0 Å². The van der Waals surface area contributed by atoms with E-state index in [9.17, 15) is 4.79 Å². The van der Waals surface area contributed by atoms with Crippen molar-refractivity contribution in [1.29, 1.82) is 0 Å². The minimum atomic E-state index is 0.0204. The van der Waals surface area contributed by atoms with E-state index in [1.54, 1.807) is 37.3 Å². The Balaban J connectivity index is 2.68. The fourth-order valence-electron chi connectivity index (χ4n) is 1.40. The van der Waals surface area contributed by atoms with Crippen molar-refractivity contribution in [1.82, 2.24) is 4.90 Å². The van der Waals surface area contributed by atoms with Crippen LogP contribution in [0.1, 0.15) is 13.8 Å². The summed E-state index contributed by atoms with van der Waals surface area (Å²) < 4.78 is 5.19. The molecule has 0 aliphatic carbocycles. The maximum atomic E-state index is 11.8. The van der Waals surface area contributed by atoms with E-state index in [-0.39, 0.29) is 18.5 Å². The van der Waals surface area contributed by atoms with E-state index in [1.807, 2.05) is 13.8 Å². The summed E-state index contributed by atoms with van der Waals surface area (Å²) in [6, 6.07) is 5.43. The third kappa shape index (κ3) is 3.81. The zero-order valence-corrected chi connectivity index (χ0v) is 11.9. The van der Waals surface area contributed by atoms with Crippen molar-refractivity contribution in [3.8, 4) is 5.75 Å². The lowest BCUT2D eigenvalue weighted by Crippen LogP contribution is -2.37. The number of nitrogens with one attached hydrogen (secondary N) is 1. The lowest BCUT2D eigenvalue weighted by molar-refractivity contribution is -0.129. The molecule has 0 atom stereocenters. The fourth-order valence-corrected chi connectivity index (χ4v) is 1.57. The van der Waals surface area contributed by atoms with E-state index in [0.29, 0.717) is 10.8 Å². The van der Waals surface area contributed by atoms with Crippen LogP contribution < -0.4 is 10.1 Å². The first-order valence-corrected chi connectivity index (χ1v) is 6.16. The molecular formula is C13H19ClN2O2. The van der Waals surface area contributed by atoms with Gasteiger partial charge >= 0.3 is 0 Å². The topological polar surface area (TPSA) is 41.6 Å². The summed E-state index contributed by atoms with van der Waals surface area (Å²) in [6.07, 6.45) is 0. The predicted octanol–water partition coefficient (Wildman–Crippen LogP) is 2.63. The first-order valence-electron chi connectivity index (χ1n) is 5.78. The fraction of sp³-hybridized carbons (Fsp3) is 0.462. The average molecular weight is 271 g/mol. The van der Waals surface area contributed by atoms with E-state index < -0.39 is 0 Å². The van der Waals surface area contributed by atoms with Crippen LogP contribution in [0.2, 0.25) is 5.02 Å². The molecule has 0 unspecified atom stereocenters. The highest BCUT2D eigenvalue weighted by Crippen LogP contribution is 2.27. The Labute approximate surface area is 113 Å². The van der Waals surface area contributed by atoms with Gasteiger partial charge in [-0.05, 0) is 32.0 Å². The van der Waals surface area contributed by atoms with E-state index in [2.05, 4.69) is 5.32 Å². The largest absolute Gasteiger partial charge is 0.495 e. The van der Waals surface area contributed by atoms with Gasteiger partial charge in [0.1, 0.15) is 5.75 Å². The molecule has 1 amide bonds. The number of carbonyl (C=O) groups excluding carboxylic acids is 1. The Hall–Kier alpha value is -1.42. The molecule has 0 aliphatic heterocycles. The zero-order chi connectivity index (χ0) is 13.7. The van der Waals surface area contributed by atoms with Crippen molar-refractivity contribution in [3.63, 3.8) is 0 Å². The number of anilines is 1. The third-order valence-electron chi connectivity index (χ3n) is 2.76. The molecule has 1 aromatic carbocycles. The van der Waals surface area contributed by atoms with Crippen molar-refractivity contribution < 1.29 is 9.53 Å². The summed E-state index contributed by atoms with van der Waals surface area (Å²) in [7, 11) is 3.36. The first-order chi connectivity index (χ1) is 8.45. The highest BCUT2D eigenvalue weighted by molar-refractivity contribution is 6.30. The maximum absolute atomic E-state index is 11.8. The Morgan fingerprint density at radius 1 is 1.50 bits per heavy atom. The number of methoxy groups -OCH3 is 1. The molecule has 0 bridgehead atoms. The van der Waals surface area contributed by atoms with Crippen LogP contribution in [-0.2, 0) is 4.79 Å². The minimum Gasteiger partial charge on any atom is -0.495 e. The Kier molecular flexibility index (Phi) is 5.28. The molecule has 0 heterocycles. The van der Waals surface area contributed by atoms with Gasteiger partial charge in [0.25, 0.3) is 0 Å². The number of nitrogens with zero attached hydrogens (tertiary/aromatic N) is 1. The van der Waals surface area contributed by atoms with E-state index >= 15 is 0 Å². The normalized spacial score (nSPS) is 10.3. The van der Waals surface area contributed by atoms with Gasteiger partial charge in [0, 0.05) is 18.1 Å². The SMILES string of the molecule is COc1ccc(Cl)cc1NCC(=O)N(C)C(C)C. The van der Waals surface area contributed by atoms with Crippen molar-refractivity contribution in [2.24, 2.45) is 0 Å². The van der Waals surface area contributed by atoms with Crippen LogP contribution in [0.15, 0.2) is 18.2 Å². The minimum absolute atomic E-state index is 0.0204. The number of halogens is 1. The van der Waals surface area contributed by atoms with Crippen molar-refractivity contribution >= 4 is 23.2 Å². The number of benzene rings is 1. The molecule has 0 spiro atoms. The van der Waals surface area contributed by atoms with Crippen LogP contribution >= 0.6 is 11.6 Å². The summed E-state index contributed by atoms with van der Waals surface area (Å²) in [4.78, 5) is 13.5. The second kappa shape index (κ2) is 6.50. The molecule has 0 saturated heterocycles. The van der Waals surface area contributed by atoms with Crippen molar-refractivity contribution in [2.45, 2.75) is 19.9 Å². The maximum Gasteiger partial charge on any atom is 0.241 e. The molecular weight excluding hydrogens is 252 g/mol. The van der Waals surface area contributed by atoms with Gasteiger partial charge < -0.3 is 15.0 Å². The van der Waals surface area contributed by atoms with Gasteiger partial charge in [0.2, 0.25) is 5.91 Å². The number of rotatable bonds is 5. The molecule has 100 valence electrons. The highest BCUT2D eigenvalue weighted by atomic mass is 35.5. The van der Waals surface area contributed by atoms with Gasteiger partial charge in [-0.1, -0.05) is 11.6 Å². The monoisotopic (exact) mass is 270 g/mol. The van der Waals surface area contributed by atoms with E-state index in [0.717, 1.165) is 5.69 Å². The summed E-state index contributed by atoms with van der Waals surface area (Å²) >= 11 is 5.91. The van der Waals surface area contributed by atoms with Crippen LogP contribution in [0.25, 0.3) is 0 Å². The summed E-state index contributed by atoms with van der Waals surface area (Å²) in [6.45, 7) is 4.15. The Morgan fingerprint density at radius 2 is 2.17 bits per heavy atom. The molecule has 18 heavy (non-hydrogen) atoms. The van der Waals surface area contributed by atoms with Crippen molar-refractivity contribution in [2.75, 3.05) is 26.0 Å². The zero-order valence-electron chi connectivity index (χ0n) is 11.2. The number of carbonyl (C=O) groups is 1. The van der Waals surface area contributed by atoms with Crippen LogP contribution in [0, 0.1) is 0 Å². The summed E-state index contributed by atoms with van der Waals surface area (Å²) in [5, 5.41) is 3.64. The number of hydrogen-bond donors (Lipinski definition) is 1. The van der Waals surface area contributed by atoms with Crippen LogP contribution in [-0.4, -0.2) is 37.6 Å². The number of likely N-dealkylation sites (N-methyl/N-ethyl adjacent to an activating group) is 1. The predicted molar refractivity (Wildman–Crippen MR) is 74.4 cm³/mol. The smallest absolute Gasteiger partial charge is 0.241 e. The molecule has 1 rings (SSSR count). The number of hydrogen-bond acceptors (Lipinski definition) is 3. The van der Waals surface area contributed by atoms with Crippen molar-refractivity contribution in [3.05, 3.63) is 23.2 Å². The quantitative estimate of drug-likeness (QED) is 0.894. The van der Waals surface area contributed by atoms with Gasteiger partial charge in [0.05, 0.1) is 19.3 Å². The third-order valence-corrected chi connectivity index (χ3v) is 2.99. The molecule has 1 aromatic rings. The lowest BCUT2D eigenvalue weighted by atomic mass is 10.3. The molecule has 0 radical (unpaired) electrons. The molecule has 5 heteroatoms. The Morgan fingerprint density at radius 3 is 2.72 bits per heavy atom. The molecule has 1 N–H and O–H groups in total. The average Bonchev–Trinajstić information content (AvgIpc) is 2.35. The van der Waals surface area contributed by atoms with Crippen LogP contribution in [0.3, 0.4) is 0 Å². The molecule has 0 aromatic heterocycles. The van der Waals surface area contributed by atoms with Gasteiger partial charge in [-0.2, -0.15) is 0 Å². The lowest BCUT2D eigenvalue weighted by Gasteiger charge is -2.22. The second-order valence-corrected chi connectivity index (χ2v) is 4.73. The first kappa shape index (κ1) is 14.6. The van der Waals surface area contributed by atoms with E-state index in [4.69, 9.17) is 16.3 Å². The number of ether oxygens (including phenoxy) is 1. The van der Waals surface area contributed by atoms with Gasteiger partial charge in [0.15, 0.2) is 0 Å². The molecule has 0 saturated carbocycles. The van der Waals surface area contributed by atoms with Gasteiger partial charge in [-0.25, -0.2) is 0 Å². The second-order valence-electron chi connectivity index (χ2n) is 4.30. The van der Waals surface area contributed by atoms with E-state index in [1.165, 1.54) is 0 Å². The number of amides is 1. The summed E-state index contributed by atoms with van der Waals surface area (Å²) in [5.74, 6) is 0.687. The van der Waals surface area contributed by atoms with Crippen LogP contribution in [0.4, 0.5) is 5.69 Å². The van der Waals surface area contributed by atoms with Gasteiger partial charge in [-0.3, -0.25) is 4.79 Å². The summed E-state index contributed by atoms with van der Waals surface area (Å²) in [5.41, 5.74) is 0.718. The molecule has 0 aliphatic rings. The molecule has 0 fully saturated rings. The Bertz CT molecular complexity index is 421. The standard InChI is InChI=1S/C13H19ClN2O2/c1-9(2)16(3)13(17)8-15-11-7-10(14)5-6-12(11)18-4/h5-7,9,15H,8H2,1-4H3. The highest BCUT2D eigenvalue weighted by Gasteiger charge is 2.12. The molecule has 4 nitrogen and oxygen atoms in total. The van der Waals surface area contributed by atoms with Crippen LogP contribution in [0.5, 0.6) is 5.75 Å².